The first-order valence-electron chi connectivity index (χ1n) is 10.8. The lowest BCUT2D eigenvalue weighted by Crippen LogP contribution is -2.52. The van der Waals surface area contributed by atoms with E-state index in [0.717, 1.165) is 43.3 Å². The van der Waals surface area contributed by atoms with Crippen LogP contribution in [0.1, 0.15) is 30.0 Å². The van der Waals surface area contributed by atoms with E-state index in [1.54, 1.807) is 0 Å². The summed E-state index contributed by atoms with van der Waals surface area (Å²) in [5, 5.41) is 23.4. The van der Waals surface area contributed by atoms with Crippen LogP contribution in [0.5, 0.6) is 0 Å². The van der Waals surface area contributed by atoms with Crippen LogP contribution in [-0.4, -0.2) is 39.1 Å². The first-order valence-corrected chi connectivity index (χ1v) is 11.6. The number of aliphatic carboxylic acids is 1. The summed E-state index contributed by atoms with van der Waals surface area (Å²) in [7, 11) is 0. The molecule has 3 aliphatic rings. The number of amides is 1. The van der Waals surface area contributed by atoms with Crippen molar-refractivity contribution in [3.8, 4) is 11.3 Å². The van der Waals surface area contributed by atoms with E-state index in [2.05, 4.69) is 73.3 Å². The van der Waals surface area contributed by atoms with E-state index >= 15 is 0 Å². The predicted octanol–water partition coefficient (Wildman–Crippen LogP) is 3.59. The second kappa shape index (κ2) is 6.80. The van der Waals surface area contributed by atoms with Crippen molar-refractivity contribution in [2.45, 2.75) is 38.0 Å². The fourth-order valence-electron chi connectivity index (χ4n) is 5.20. The van der Waals surface area contributed by atoms with Crippen LogP contribution in [0.2, 0.25) is 0 Å². The minimum absolute atomic E-state index is 0.221. The molecule has 33 heavy (non-hydrogen) atoms. The highest BCUT2D eigenvalue weighted by molar-refractivity contribution is 9.10. The van der Waals surface area contributed by atoms with Gasteiger partial charge in [-0.3, -0.25) is 15.0 Å². The molecule has 2 aliphatic carbocycles. The highest BCUT2D eigenvalue weighted by atomic mass is 79.9. The van der Waals surface area contributed by atoms with E-state index in [0.29, 0.717) is 6.42 Å². The number of aryl methyl sites for hydroxylation is 1. The number of nitrogens with zero attached hydrogens (tertiary/aromatic N) is 3. The highest BCUT2D eigenvalue weighted by Crippen LogP contribution is 2.55. The summed E-state index contributed by atoms with van der Waals surface area (Å²) in [6, 6.07) is 11.1. The molecule has 1 amide bonds. The van der Waals surface area contributed by atoms with E-state index in [1.807, 2.05) is 17.1 Å². The van der Waals surface area contributed by atoms with Crippen LogP contribution in [0.25, 0.3) is 22.2 Å². The fraction of sp³-hybridized carbons (Fsp3) is 0.304. The van der Waals surface area contributed by atoms with E-state index < -0.39 is 17.7 Å². The van der Waals surface area contributed by atoms with Gasteiger partial charge in [0.15, 0.2) is 5.66 Å². The Kier molecular flexibility index (Phi) is 4.17. The number of rotatable bonds is 4. The van der Waals surface area contributed by atoms with E-state index in [1.165, 1.54) is 6.92 Å². The third kappa shape index (κ3) is 2.64. The Bertz CT molecular complexity index is 1380. The summed E-state index contributed by atoms with van der Waals surface area (Å²) >= 11 is 3.83. The maximum atomic E-state index is 12.8. The Hall–Kier alpha value is -3.40. The largest absolute Gasteiger partial charge is 0.480 e. The average Bonchev–Trinajstić information content (AvgIpc) is 3.38. The summed E-state index contributed by atoms with van der Waals surface area (Å²) in [6.07, 6.45) is 0.566. The third-order valence-corrected chi connectivity index (χ3v) is 7.69. The Morgan fingerprint density at radius 2 is 2.09 bits per heavy atom. The number of carboxylic acids is 1. The van der Waals surface area contributed by atoms with Crippen LogP contribution in [0.4, 0.5) is 0 Å². The SMILES string of the molecule is Cc1ccc2[nH]c3c(Br)c2c1C1(NN=NN1C1CC1C(=O)N[C@@H](C)C(=O)O)c1ccccc1-3. The van der Waals surface area contributed by atoms with Gasteiger partial charge < -0.3 is 15.4 Å². The summed E-state index contributed by atoms with van der Waals surface area (Å²) < 4.78 is 0.981. The first kappa shape index (κ1) is 20.2. The number of fused-ring (bicyclic) bond motifs is 5. The standard InChI is InChI=1S/C23H21BrN6O3/c1-10-7-8-15-17-18(10)23(14-6-4-3-5-12(14)20(26-15)19(17)24)27-28-29-30(23)16-9-13(16)21(31)25-11(2)22(32)33/h3-8,11,13,16,26H,9H2,1-2H3,(H,25,31)(H,27,29)(H,32,33)/t11-,13?,16?,23?/m0/s1. The van der Waals surface area contributed by atoms with Crippen molar-refractivity contribution in [3.63, 3.8) is 0 Å². The molecular formula is C23H21BrN6O3. The predicted molar refractivity (Wildman–Crippen MR) is 124 cm³/mol. The zero-order valence-electron chi connectivity index (χ0n) is 17.9. The molecule has 4 N–H and O–H groups in total. The van der Waals surface area contributed by atoms with Crippen molar-refractivity contribution < 1.29 is 14.7 Å². The van der Waals surface area contributed by atoms with Crippen molar-refractivity contribution in [1.29, 1.82) is 0 Å². The number of H-pyrrole nitrogens is 1. The molecule has 4 atom stereocenters. The summed E-state index contributed by atoms with van der Waals surface area (Å²) in [5.41, 5.74) is 8.48. The number of carbonyl (C=O) groups is 2. The molecule has 1 aromatic heterocycles. The van der Waals surface area contributed by atoms with Crippen molar-refractivity contribution in [2.75, 3.05) is 0 Å². The second-order valence-electron chi connectivity index (χ2n) is 8.87. The zero-order valence-corrected chi connectivity index (χ0v) is 19.5. The van der Waals surface area contributed by atoms with Crippen molar-refractivity contribution >= 4 is 38.7 Å². The van der Waals surface area contributed by atoms with Crippen LogP contribution in [0.15, 0.2) is 51.3 Å². The molecule has 9 nitrogen and oxygen atoms in total. The Labute approximate surface area is 197 Å². The topological polar surface area (TPSA) is 122 Å². The summed E-state index contributed by atoms with van der Waals surface area (Å²) in [5.74, 6) is -1.72. The van der Waals surface area contributed by atoms with Gasteiger partial charge in [0.2, 0.25) is 5.91 Å². The number of carbonyl (C=O) groups excluding carboxylic acids is 1. The van der Waals surface area contributed by atoms with E-state index in [9.17, 15) is 9.59 Å². The molecule has 3 aromatic rings. The van der Waals surface area contributed by atoms with Gasteiger partial charge in [-0.2, -0.15) is 0 Å². The highest BCUT2D eigenvalue weighted by Gasteiger charge is 2.59. The van der Waals surface area contributed by atoms with Gasteiger partial charge in [0.25, 0.3) is 0 Å². The smallest absolute Gasteiger partial charge is 0.325 e. The minimum atomic E-state index is -1.06. The summed E-state index contributed by atoms with van der Waals surface area (Å²) in [6.45, 7) is 3.52. The van der Waals surface area contributed by atoms with Crippen LogP contribution >= 0.6 is 15.9 Å². The lowest BCUT2D eigenvalue weighted by atomic mass is 9.84. The van der Waals surface area contributed by atoms with Gasteiger partial charge in [-0.15, -0.1) is 0 Å². The van der Waals surface area contributed by atoms with Crippen molar-refractivity contribution in [1.82, 2.24) is 20.7 Å². The minimum Gasteiger partial charge on any atom is -0.480 e. The fourth-order valence-corrected chi connectivity index (χ4v) is 5.93. The molecule has 2 heterocycles. The lowest BCUT2D eigenvalue weighted by molar-refractivity contribution is -0.141. The van der Waals surface area contributed by atoms with E-state index in [-0.39, 0.29) is 17.9 Å². The van der Waals surface area contributed by atoms with Crippen molar-refractivity contribution in [3.05, 3.63) is 57.6 Å². The van der Waals surface area contributed by atoms with Gasteiger partial charge in [-0.05, 0) is 47.8 Å². The van der Waals surface area contributed by atoms with Crippen LogP contribution in [0, 0.1) is 12.8 Å². The maximum absolute atomic E-state index is 12.8. The Balaban J connectivity index is 1.50. The number of nitrogens with one attached hydrogen (secondary N) is 3. The van der Waals surface area contributed by atoms with Crippen LogP contribution < -0.4 is 10.7 Å². The molecule has 1 saturated carbocycles. The Morgan fingerprint density at radius 1 is 1.30 bits per heavy atom. The number of hydrogen-bond acceptors (Lipinski definition) is 6. The quantitative estimate of drug-likeness (QED) is 0.428. The molecule has 168 valence electrons. The number of carboxylic acid groups (broad SMARTS) is 1. The molecule has 2 bridgehead atoms. The van der Waals surface area contributed by atoms with Crippen molar-refractivity contribution in [2.24, 2.45) is 16.4 Å². The van der Waals surface area contributed by atoms with E-state index in [4.69, 9.17) is 5.11 Å². The lowest BCUT2D eigenvalue weighted by Gasteiger charge is -2.39. The maximum Gasteiger partial charge on any atom is 0.325 e. The summed E-state index contributed by atoms with van der Waals surface area (Å²) in [4.78, 5) is 27.5. The molecule has 1 aliphatic heterocycles. The monoisotopic (exact) mass is 508 g/mol. The van der Waals surface area contributed by atoms with Gasteiger partial charge in [0, 0.05) is 27.6 Å². The molecule has 0 saturated heterocycles. The molecule has 1 spiro atoms. The molecular weight excluding hydrogens is 488 g/mol. The molecule has 10 heteroatoms. The molecule has 2 aromatic carbocycles. The van der Waals surface area contributed by atoms with Gasteiger partial charge in [-0.25, -0.2) is 5.01 Å². The third-order valence-electron chi connectivity index (χ3n) is 6.89. The van der Waals surface area contributed by atoms with Crippen LogP contribution in [-0.2, 0) is 15.3 Å². The molecule has 3 unspecified atom stereocenters. The zero-order chi connectivity index (χ0) is 23.1. The number of aromatic nitrogens is 1. The number of aromatic amines is 1. The van der Waals surface area contributed by atoms with Gasteiger partial charge >= 0.3 is 5.97 Å². The first-order chi connectivity index (χ1) is 15.8. The molecule has 1 fully saturated rings. The average molecular weight is 509 g/mol. The van der Waals surface area contributed by atoms with Crippen LogP contribution in [0.3, 0.4) is 0 Å². The molecule has 0 radical (unpaired) electrons. The normalized spacial score (nSPS) is 25.1. The Morgan fingerprint density at radius 3 is 2.88 bits per heavy atom. The van der Waals surface area contributed by atoms with Gasteiger partial charge in [0.05, 0.1) is 22.1 Å². The van der Waals surface area contributed by atoms with Gasteiger partial charge in [-0.1, -0.05) is 40.8 Å². The van der Waals surface area contributed by atoms with Gasteiger partial charge in [0.1, 0.15) is 6.04 Å². The number of hydrogen-bond donors (Lipinski definition) is 4. The second-order valence-corrected chi connectivity index (χ2v) is 9.67. The number of halogens is 1. The molecule has 6 rings (SSSR count). The number of benzene rings is 2.